The van der Waals surface area contributed by atoms with Crippen LogP contribution in [0.3, 0.4) is 0 Å². The van der Waals surface area contributed by atoms with E-state index in [0.29, 0.717) is 5.56 Å². The zero-order chi connectivity index (χ0) is 14.0. The maximum Gasteiger partial charge on any atom is 0.408 e. The molecule has 4 heteroatoms. The molecule has 0 saturated heterocycles. The Bertz CT molecular complexity index is 538. The molecule has 1 N–H and O–H groups in total. The summed E-state index contributed by atoms with van der Waals surface area (Å²) in [5.74, 6) is 0. The number of amides is 1. The van der Waals surface area contributed by atoms with Crippen molar-refractivity contribution in [2.45, 2.75) is 45.3 Å². The molecule has 2 rings (SSSR count). The summed E-state index contributed by atoms with van der Waals surface area (Å²) < 4.78 is 5.26. The Hall–Kier alpha value is -2.02. The summed E-state index contributed by atoms with van der Waals surface area (Å²) in [5, 5.41) is 11.8. The number of nitrogens with zero attached hydrogens (tertiary/aromatic N) is 1. The second-order valence-electron chi connectivity index (χ2n) is 5.76. The van der Waals surface area contributed by atoms with Crippen molar-refractivity contribution in [1.82, 2.24) is 5.32 Å². The van der Waals surface area contributed by atoms with Crippen molar-refractivity contribution in [1.29, 1.82) is 5.26 Å². The summed E-state index contributed by atoms with van der Waals surface area (Å²) in [4.78, 5) is 11.8. The monoisotopic (exact) mass is 258 g/mol. The number of benzene rings is 1. The highest BCUT2D eigenvalue weighted by Crippen LogP contribution is 2.31. The predicted octanol–water partition coefficient (Wildman–Crippen LogP) is 3.07. The summed E-state index contributed by atoms with van der Waals surface area (Å²) in [5.41, 5.74) is 2.40. The molecule has 0 bridgehead atoms. The van der Waals surface area contributed by atoms with E-state index in [2.05, 4.69) is 11.4 Å². The molecule has 1 aromatic carbocycles. The summed E-state index contributed by atoms with van der Waals surface area (Å²) in [6.45, 7) is 5.52. The van der Waals surface area contributed by atoms with E-state index in [-0.39, 0.29) is 6.04 Å². The summed E-state index contributed by atoms with van der Waals surface area (Å²) >= 11 is 0. The zero-order valence-electron chi connectivity index (χ0n) is 11.5. The van der Waals surface area contributed by atoms with Crippen LogP contribution in [0, 0.1) is 11.3 Å². The van der Waals surface area contributed by atoms with E-state index >= 15 is 0 Å². The van der Waals surface area contributed by atoms with Crippen LogP contribution in [0.5, 0.6) is 0 Å². The number of ether oxygens (including phenoxy) is 1. The van der Waals surface area contributed by atoms with Gasteiger partial charge in [-0.15, -0.1) is 0 Å². The van der Waals surface area contributed by atoms with E-state index in [4.69, 9.17) is 10.00 Å². The van der Waals surface area contributed by atoms with Gasteiger partial charge in [0.05, 0.1) is 17.7 Å². The molecule has 1 amide bonds. The molecule has 1 aromatic rings. The maximum absolute atomic E-state index is 11.8. The van der Waals surface area contributed by atoms with E-state index in [0.717, 1.165) is 24.0 Å². The Morgan fingerprint density at radius 2 is 2.21 bits per heavy atom. The molecule has 0 aromatic heterocycles. The van der Waals surface area contributed by atoms with E-state index in [1.165, 1.54) is 0 Å². The molecule has 0 heterocycles. The van der Waals surface area contributed by atoms with Crippen molar-refractivity contribution in [2.24, 2.45) is 0 Å². The fourth-order valence-electron chi connectivity index (χ4n) is 2.29. The van der Waals surface area contributed by atoms with Crippen molar-refractivity contribution in [3.63, 3.8) is 0 Å². The van der Waals surface area contributed by atoms with Crippen molar-refractivity contribution < 1.29 is 9.53 Å². The minimum absolute atomic E-state index is 0.0161. The SMILES string of the molecule is CC(C)(C)OC(=O)N[C@H]1CCc2cc(C#N)ccc21. The van der Waals surface area contributed by atoms with E-state index in [9.17, 15) is 4.79 Å². The minimum Gasteiger partial charge on any atom is -0.444 e. The van der Waals surface area contributed by atoms with Gasteiger partial charge >= 0.3 is 6.09 Å². The molecule has 1 aliphatic rings. The van der Waals surface area contributed by atoms with Crippen LogP contribution in [0.25, 0.3) is 0 Å². The topological polar surface area (TPSA) is 62.1 Å². The number of hydrogen-bond acceptors (Lipinski definition) is 3. The lowest BCUT2D eigenvalue weighted by atomic mass is 10.1. The van der Waals surface area contributed by atoms with Gasteiger partial charge in [0, 0.05) is 0 Å². The van der Waals surface area contributed by atoms with Crippen molar-refractivity contribution in [3.8, 4) is 6.07 Å². The first kappa shape index (κ1) is 13.4. The number of fused-ring (bicyclic) bond motifs is 1. The maximum atomic E-state index is 11.8. The standard InChI is InChI=1S/C15H18N2O2/c1-15(2,3)19-14(18)17-13-7-5-11-8-10(9-16)4-6-12(11)13/h4,6,8,13H,5,7H2,1-3H3,(H,17,18)/t13-/m0/s1. The van der Waals surface area contributed by atoms with Gasteiger partial charge in [-0.25, -0.2) is 4.79 Å². The van der Waals surface area contributed by atoms with Gasteiger partial charge in [0.25, 0.3) is 0 Å². The Balaban J connectivity index is 2.07. The molecule has 19 heavy (non-hydrogen) atoms. The number of carbonyl (C=O) groups is 1. The second-order valence-corrected chi connectivity index (χ2v) is 5.76. The summed E-state index contributed by atoms with van der Waals surface area (Å²) in [7, 11) is 0. The number of hydrogen-bond donors (Lipinski definition) is 1. The van der Waals surface area contributed by atoms with Gasteiger partial charge in [0.2, 0.25) is 0 Å². The average Bonchev–Trinajstić information content (AvgIpc) is 2.69. The van der Waals surface area contributed by atoms with Gasteiger partial charge in [0.1, 0.15) is 5.60 Å². The van der Waals surface area contributed by atoms with Crippen LogP contribution in [0.4, 0.5) is 4.79 Å². The summed E-state index contributed by atoms with van der Waals surface area (Å²) in [6.07, 6.45) is 1.34. The molecule has 4 nitrogen and oxygen atoms in total. The number of rotatable bonds is 1. The molecule has 100 valence electrons. The van der Waals surface area contributed by atoms with E-state index in [1.54, 1.807) is 6.07 Å². The molecular formula is C15H18N2O2. The third-order valence-electron chi connectivity index (χ3n) is 3.04. The number of nitrogens with one attached hydrogen (secondary N) is 1. The van der Waals surface area contributed by atoms with Gasteiger partial charge in [-0.2, -0.15) is 5.26 Å². The van der Waals surface area contributed by atoms with Crippen LogP contribution >= 0.6 is 0 Å². The Kier molecular flexibility index (Phi) is 3.48. The first-order valence-electron chi connectivity index (χ1n) is 6.41. The van der Waals surface area contributed by atoms with Crippen LogP contribution in [0.15, 0.2) is 18.2 Å². The first-order chi connectivity index (χ1) is 8.89. The predicted molar refractivity (Wildman–Crippen MR) is 71.6 cm³/mol. The highest BCUT2D eigenvalue weighted by molar-refractivity contribution is 5.68. The zero-order valence-corrected chi connectivity index (χ0v) is 11.5. The second kappa shape index (κ2) is 4.93. The molecule has 0 spiro atoms. The molecule has 0 radical (unpaired) electrons. The van der Waals surface area contributed by atoms with Crippen LogP contribution in [-0.4, -0.2) is 11.7 Å². The lowest BCUT2D eigenvalue weighted by Gasteiger charge is -2.22. The van der Waals surface area contributed by atoms with Gasteiger partial charge in [-0.1, -0.05) is 6.07 Å². The Morgan fingerprint density at radius 1 is 1.47 bits per heavy atom. The summed E-state index contributed by atoms with van der Waals surface area (Å²) in [6, 6.07) is 7.72. The van der Waals surface area contributed by atoms with Crippen molar-refractivity contribution in [2.75, 3.05) is 0 Å². The molecule has 0 unspecified atom stereocenters. The molecule has 0 fully saturated rings. The van der Waals surface area contributed by atoms with Gasteiger partial charge in [-0.3, -0.25) is 0 Å². The normalized spacial score (nSPS) is 17.5. The van der Waals surface area contributed by atoms with Crippen LogP contribution in [-0.2, 0) is 11.2 Å². The largest absolute Gasteiger partial charge is 0.444 e. The van der Waals surface area contributed by atoms with Gasteiger partial charge < -0.3 is 10.1 Å². The third kappa shape index (κ3) is 3.25. The smallest absolute Gasteiger partial charge is 0.408 e. The number of nitriles is 1. The Morgan fingerprint density at radius 3 is 2.84 bits per heavy atom. The van der Waals surface area contributed by atoms with Crippen LogP contribution < -0.4 is 5.32 Å². The average molecular weight is 258 g/mol. The lowest BCUT2D eigenvalue weighted by molar-refractivity contribution is 0.0503. The quantitative estimate of drug-likeness (QED) is 0.842. The fourth-order valence-corrected chi connectivity index (χ4v) is 2.29. The van der Waals surface area contributed by atoms with E-state index < -0.39 is 11.7 Å². The van der Waals surface area contributed by atoms with Crippen LogP contribution in [0.2, 0.25) is 0 Å². The number of aryl methyl sites for hydroxylation is 1. The first-order valence-corrected chi connectivity index (χ1v) is 6.41. The molecule has 1 aliphatic carbocycles. The molecule has 1 atom stereocenters. The number of alkyl carbamates (subject to hydrolysis) is 1. The molecule has 0 saturated carbocycles. The molecule has 0 aliphatic heterocycles. The van der Waals surface area contributed by atoms with Crippen molar-refractivity contribution in [3.05, 3.63) is 34.9 Å². The highest BCUT2D eigenvalue weighted by atomic mass is 16.6. The molecular weight excluding hydrogens is 240 g/mol. The highest BCUT2D eigenvalue weighted by Gasteiger charge is 2.26. The van der Waals surface area contributed by atoms with Crippen molar-refractivity contribution >= 4 is 6.09 Å². The third-order valence-corrected chi connectivity index (χ3v) is 3.04. The minimum atomic E-state index is -0.490. The van der Waals surface area contributed by atoms with Gasteiger partial charge in [-0.05, 0) is 56.9 Å². The fraction of sp³-hybridized carbons (Fsp3) is 0.467. The van der Waals surface area contributed by atoms with Crippen LogP contribution in [0.1, 0.15) is 49.9 Å². The number of carbonyl (C=O) groups excluding carboxylic acids is 1. The van der Waals surface area contributed by atoms with Gasteiger partial charge in [0.15, 0.2) is 0 Å². The Labute approximate surface area is 113 Å². The lowest BCUT2D eigenvalue weighted by Crippen LogP contribution is -2.34. The van der Waals surface area contributed by atoms with E-state index in [1.807, 2.05) is 32.9 Å².